The van der Waals surface area contributed by atoms with E-state index in [1.807, 2.05) is 39.0 Å². The van der Waals surface area contributed by atoms with E-state index in [9.17, 15) is 4.79 Å². The summed E-state index contributed by atoms with van der Waals surface area (Å²) in [5.41, 5.74) is 0.633. The Morgan fingerprint density at radius 2 is 2.11 bits per heavy atom. The topological polar surface area (TPSA) is 68.5 Å². The van der Waals surface area contributed by atoms with Gasteiger partial charge in [0.2, 0.25) is 5.89 Å². The second-order valence-corrected chi connectivity index (χ2v) is 8.33. The van der Waals surface area contributed by atoms with Crippen LogP contribution >= 0.6 is 11.8 Å². The van der Waals surface area contributed by atoms with Gasteiger partial charge in [-0.15, -0.1) is 10.2 Å². The molecule has 1 saturated heterocycles. The molecule has 1 aliphatic rings. The second kappa shape index (κ2) is 8.61. The Labute approximate surface area is 164 Å². The van der Waals surface area contributed by atoms with Crippen LogP contribution in [0, 0.1) is 0 Å². The van der Waals surface area contributed by atoms with Crippen molar-refractivity contribution in [3.8, 4) is 0 Å². The minimum atomic E-state index is -0.523. The molecule has 1 amide bonds. The van der Waals surface area contributed by atoms with Gasteiger partial charge in [-0.05, 0) is 39.2 Å². The van der Waals surface area contributed by atoms with Crippen molar-refractivity contribution in [2.45, 2.75) is 50.5 Å². The highest BCUT2D eigenvalue weighted by atomic mass is 32.2. The van der Waals surface area contributed by atoms with E-state index in [-0.39, 0.29) is 12.1 Å². The zero-order chi connectivity index (χ0) is 19.3. The van der Waals surface area contributed by atoms with Gasteiger partial charge in [0, 0.05) is 12.3 Å². The third kappa shape index (κ3) is 5.60. The monoisotopic (exact) mass is 387 g/mol. The summed E-state index contributed by atoms with van der Waals surface area (Å²) in [5.74, 6) is 1.21. The van der Waals surface area contributed by atoms with Crippen LogP contribution in [0.15, 0.2) is 46.0 Å². The number of hydrogen-bond donors (Lipinski definition) is 0. The number of carbonyl (C=O) groups is 1. The first-order chi connectivity index (χ1) is 12.9. The molecule has 7 heteroatoms. The van der Waals surface area contributed by atoms with Gasteiger partial charge in [0.25, 0.3) is 5.22 Å². The van der Waals surface area contributed by atoms with E-state index in [0.717, 1.165) is 24.2 Å². The molecule has 2 aromatic rings. The molecule has 0 N–H and O–H groups in total. The summed E-state index contributed by atoms with van der Waals surface area (Å²) in [5, 5.41) is 8.77. The summed E-state index contributed by atoms with van der Waals surface area (Å²) in [6.07, 6.45) is 5.49. The Balaban J connectivity index is 1.56. The maximum Gasteiger partial charge on any atom is 0.410 e. The fourth-order valence-electron chi connectivity index (χ4n) is 2.84. The van der Waals surface area contributed by atoms with Gasteiger partial charge in [-0.25, -0.2) is 4.79 Å². The predicted molar refractivity (Wildman–Crippen MR) is 105 cm³/mol. The van der Waals surface area contributed by atoms with Crippen LogP contribution in [0.3, 0.4) is 0 Å². The summed E-state index contributed by atoms with van der Waals surface area (Å²) in [4.78, 5) is 14.1. The highest BCUT2D eigenvalue weighted by molar-refractivity contribution is 7.99. The Morgan fingerprint density at radius 1 is 1.33 bits per heavy atom. The third-order valence-corrected chi connectivity index (χ3v) is 4.77. The third-order valence-electron chi connectivity index (χ3n) is 4.00. The van der Waals surface area contributed by atoms with E-state index in [1.165, 1.54) is 11.8 Å². The molecule has 1 aromatic carbocycles. The van der Waals surface area contributed by atoms with Gasteiger partial charge in [0.1, 0.15) is 11.6 Å². The fraction of sp³-hybridized carbons (Fsp3) is 0.450. The summed E-state index contributed by atoms with van der Waals surface area (Å²) in [6.45, 7) is 6.23. The van der Waals surface area contributed by atoms with Gasteiger partial charge in [-0.3, -0.25) is 4.90 Å². The van der Waals surface area contributed by atoms with Crippen LogP contribution < -0.4 is 0 Å². The van der Waals surface area contributed by atoms with Crippen LogP contribution in [-0.4, -0.2) is 39.1 Å². The number of rotatable bonds is 5. The molecule has 0 aliphatic carbocycles. The quantitative estimate of drug-likeness (QED) is 0.676. The Bertz CT molecular complexity index is 783. The van der Waals surface area contributed by atoms with E-state index >= 15 is 0 Å². The summed E-state index contributed by atoms with van der Waals surface area (Å²) >= 11 is 1.48. The van der Waals surface area contributed by atoms with Gasteiger partial charge in [0.05, 0.1) is 0 Å². The first-order valence-electron chi connectivity index (χ1n) is 9.10. The Morgan fingerprint density at radius 3 is 2.85 bits per heavy atom. The molecule has 1 atom stereocenters. The molecule has 6 nitrogen and oxygen atoms in total. The number of amides is 1. The number of aromatic nitrogens is 2. The molecule has 3 rings (SSSR count). The number of carbonyl (C=O) groups excluding carboxylic acids is 1. The van der Waals surface area contributed by atoms with Crippen molar-refractivity contribution in [1.82, 2.24) is 15.1 Å². The first kappa shape index (κ1) is 19.5. The molecule has 2 heterocycles. The van der Waals surface area contributed by atoms with Crippen LogP contribution in [0.1, 0.15) is 51.1 Å². The molecule has 144 valence electrons. The van der Waals surface area contributed by atoms with Crippen LogP contribution in [0.2, 0.25) is 0 Å². The number of thioether (sulfide) groups is 1. The fourth-order valence-corrected chi connectivity index (χ4v) is 3.42. The van der Waals surface area contributed by atoms with E-state index in [0.29, 0.717) is 17.7 Å². The maximum absolute atomic E-state index is 12.4. The van der Waals surface area contributed by atoms with E-state index in [2.05, 4.69) is 34.5 Å². The lowest BCUT2D eigenvalue weighted by molar-refractivity contribution is 0.0201. The lowest BCUT2D eigenvalue weighted by Gasteiger charge is -2.27. The molecule has 0 spiro atoms. The zero-order valence-corrected chi connectivity index (χ0v) is 16.7. The van der Waals surface area contributed by atoms with Crippen LogP contribution in [0.4, 0.5) is 4.79 Å². The van der Waals surface area contributed by atoms with Crippen molar-refractivity contribution < 1.29 is 13.9 Å². The van der Waals surface area contributed by atoms with Gasteiger partial charge in [-0.1, -0.05) is 54.2 Å². The molecule has 0 bridgehead atoms. The van der Waals surface area contributed by atoms with E-state index < -0.39 is 5.60 Å². The second-order valence-electron chi connectivity index (χ2n) is 7.36. The van der Waals surface area contributed by atoms with Crippen molar-refractivity contribution in [2.75, 3.05) is 12.3 Å². The maximum atomic E-state index is 12.4. The SMILES string of the molecule is CC(C)(C)OC(=O)N1CCC[C@H]1c1nnc(SCC=Cc2ccccc2)o1. The zero-order valence-electron chi connectivity index (χ0n) is 15.9. The number of likely N-dealkylation sites (tertiary alicyclic amines) is 1. The van der Waals surface area contributed by atoms with E-state index in [4.69, 9.17) is 9.15 Å². The lowest BCUT2D eigenvalue weighted by Crippen LogP contribution is -2.36. The smallest absolute Gasteiger partial charge is 0.410 e. The minimum Gasteiger partial charge on any atom is -0.444 e. The average molecular weight is 388 g/mol. The molecule has 1 aromatic heterocycles. The molecule has 0 saturated carbocycles. The predicted octanol–water partition coefficient (Wildman–Crippen LogP) is 4.95. The molecular weight excluding hydrogens is 362 g/mol. The molecule has 27 heavy (non-hydrogen) atoms. The molecule has 1 aliphatic heterocycles. The highest BCUT2D eigenvalue weighted by Gasteiger charge is 2.36. The number of nitrogens with zero attached hydrogens (tertiary/aromatic N) is 3. The summed E-state index contributed by atoms with van der Waals surface area (Å²) < 4.78 is 11.3. The number of benzene rings is 1. The Hall–Kier alpha value is -2.28. The van der Waals surface area contributed by atoms with Gasteiger partial charge >= 0.3 is 6.09 Å². The van der Waals surface area contributed by atoms with Gasteiger partial charge < -0.3 is 9.15 Å². The lowest BCUT2D eigenvalue weighted by atomic mass is 10.2. The summed E-state index contributed by atoms with van der Waals surface area (Å²) in [6, 6.07) is 9.91. The highest BCUT2D eigenvalue weighted by Crippen LogP contribution is 2.33. The molecular formula is C20H25N3O3S. The van der Waals surface area contributed by atoms with Crippen LogP contribution in [0.25, 0.3) is 6.08 Å². The Kier molecular flexibility index (Phi) is 6.21. The minimum absolute atomic E-state index is 0.207. The van der Waals surface area contributed by atoms with Crippen molar-refractivity contribution in [3.05, 3.63) is 47.9 Å². The van der Waals surface area contributed by atoms with Crippen molar-refractivity contribution in [2.24, 2.45) is 0 Å². The molecule has 0 radical (unpaired) electrons. The first-order valence-corrected chi connectivity index (χ1v) is 10.1. The number of hydrogen-bond acceptors (Lipinski definition) is 6. The van der Waals surface area contributed by atoms with Crippen molar-refractivity contribution in [1.29, 1.82) is 0 Å². The largest absolute Gasteiger partial charge is 0.444 e. The average Bonchev–Trinajstić information content (AvgIpc) is 3.27. The van der Waals surface area contributed by atoms with Crippen LogP contribution in [-0.2, 0) is 4.74 Å². The molecule has 1 fully saturated rings. The van der Waals surface area contributed by atoms with Gasteiger partial charge in [0.15, 0.2) is 0 Å². The number of ether oxygens (including phenoxy) is 1. The standard InChI is InChI=1S/C20H25N3O3S/c1-20(2,3)26-19(24)23-13-7-12-16(23)17-21-22-18(25-17)27-14-8-11-15-9-5-4-6-10-15/h4-6,8-11,16H,7,12-14H2,1-3H3/t16-/m0/s1. The van der Waals surface area contributed by atoms with Gasteiger partial charge in [-0.2, -0.15) is 0 Å². The van der Waals surface area contributed by atoms with Crippen LogP contribution in [0.5, 0.6) is 0 Å². The van der Waals surface area contributed by atoms with Crippen molar-refractivity contribution in [3.63, 3.8) is 0 Å². The molecule has 0 unspecified atom stereocenters. The van der Waals surface area contributed by atoms with Crippen molar-refractivity contribution >= 4 is 23.9 Å². The van der Waals surface area contributed by atoms with E-state index in [1.54, 1.807) is 4.90 Å². The summed E-state index contributed by atoms with van der Waals surface area (Å²) in [7, 11) is 0. The normalized spacial score (nSPS) is 17.6.